The molecule has 0 bridgehead atoms. The third-order valence-corrected chi connectivity index (χ3v) is 10.3. The van der Waals surface area contributed by atoms with Crippen LogP contribution in [0.15, 0.2) is 70.4 Å². The standard InChI is InChI=1S/C19H19N5O16S5/c1-21-24-18-15(44(34,35)36)7-10-13(42(28,29)30)8-12(17(20)16(10)19(18)25)23-22-11-3-2-9(6-14(11)43(31,32)33)41(26,27)5-4-40-45(37,38)39/h2-3,6-8,25H,4-5,20H2,1H3,(H,28,29,30)(H,31,32,33)(H,34,35,36)(H,37,38,39). The van der Waals surface area contributed by atoms with Crippen LogP contribution in [-0.2, 0) is 54.8 Å². The molecule has 246 valence electrons. The second-order valence-electron chi connectivity index (χ2n) is 8.43. The number of anilines is 1. The SMILES string of the molecule is CN=Nc1c(S(=O)(=O)O)cc2c(S(=O)(=O)O)cc(N=Nc3ccc(S(=O)(=O)CCOS(=O)(=O)O)cc3S(=O)(=O)O)c(N)c2c1O. The Morgan fingerprint density at radius 1 is 0.733 bits per heavy atom. The number of rotatable bonds is 11. The Hall–Kier alpha value is -3.73. The lowest BCUT2D eigenvalue weighted by atomic mass is 10.0. The maximum atomic E-state index is 12.5. The molecule has 45 heavy (non-hydrogen) atoms. The molecular weight excluding hydrogens is 715 g/mol. The first kappa shape index (κ1) is 35.7. The summed E-state index contributed by atoms with van der Waals surface area (Å²) in [5.41, 5.74) is 2.95. The predicted octanol–water partition coefficient (Wildman–Crippen LogP) is 1.59. The van der Waals surface area contributed by atoms with Crippen LogP contribution < -0.4 is 5.73 Å². The van der Waals surface area contributed by atoms with Gasteiger partial charge in [0.25, 0.3) is 30.4 Å². The van der Waals surface area contributed by atoms with E-state index in [1.165, 1.54) is 0 Å². The summed E-state index contributed by atoms with van der Waals surface area (Å²) in [6.07, 6.45) is 0. The fourth-order valence-corrected chi connectivity index (χ4v) is 7.23. The van der Waals surface area contributed by atoms with Crippen LogP contribution in [-0.4, -0.2) is 84.8 Å². The quantitative estimate of drug-likeness (QED) is 0.0925. The monoisotopic (exact) mass is 733 g/mol. The first-order valence-corrected chi connectivity index (χ1v) is 18.5. The molecule has 3 rings (SSSR count). The van der Waals surface area contributed by atoms with Gasteiger partial charge in [-0.05, 0) is 30.3 Å². The van der Waals surface area contributed by atoms with Gasteiger partial charge in [-0.1, -0.05) is 0 Å². The molecule has 0 fully saturated rings. The minimum Gasteiger partial charge on any atom is -0.505 e. The molecule has 0 aliphatic carbocycles. The minimum atomic E-state index is -5.29. The third-order valence-electron chi connectivity index (χ3n) is 5.49. The molecule has 7 N–H and O–H groups in total. The normalized spacial score (nSPS) is 13.7. The maximum Gasteiger partial charge on any atom is 0.397 e. The van der Waals surface area contributed by atoms with Crippen molar-refractivity contribution in [3.8, 4) is 5.75 Å². The molecule has 0 heterocycles. The molecule has 0 unspecified atom stereocenters. The summed E-state index contributed by atoms with van der Waals surface area (Å²) in [6, 6.07) is 2.89. The Labute approximate surface area is 254 Å². The van der Waals surface area contributed by atoms with Gasteiger partial charge in [0.15, 0.2) is 15.6 Å². The molecule has 0 atom stereocenters. The van der Waals surface area contributed by atoms with Crippen LogP contribution >= 0.6 is 0 Å². The van der Waals surface area contributed by atoms with Crippen molar-refractivity contribution >= 4 is 84.1 Å². The van der Waals surface area contributed by atoms with Crippen molar-refractivity contribution in [2.75, 3.05) is 25.1 Å². The minimum absolute atomic E-state index is 0.407. The van der Waals surface area contributed by atoms with Crippen LogP contribution in [0.4, 0.5) is 22.7 Å². The Bertz CT molecular complexity index is 2340. The van der Waals surface area contributed by atoms with Gasteiger partial charge >= 0.3 is 10.4 Å². The number of benzene rings is 3. The van der Waals surface area contributed by atoms with Crippen LogP contribution in [0.1, 0.15) is 0 Å². The Morgan fingerprint density at radius 2 is 1.29 bits per heavy atom. The van der Waals surface area contributed by atoms with Crippen molar-refractivity contribution < 1.29 is 69.6 Å². The zero-order valence-electron chi connectivity index (χ0n) is 21.9. The lowest BCUT2D eigenvalue weighted by molar-refractivity contribution is 0.284. The zero-order valence-corrected chi connectivity index (χ0v) is 26.0. The highest BCUT2D eigenvalue weighted by atomic mass is 32.3. The van der Waals surface area contributed by atoms with Crippen molar-refractivity contribution in [1.82, 2.24) is 0 Å². The van der Waals surface area contributed by atoms with Gasteiger partial charge in [-0.25, -0.2) is 12.6 Å². The predicted molar refractivity (Wildman–Crippen MR) is 150 cm³/mol. The zero-order chi connectivity index (χ0) is 34.3. The summed E-state index contributed by atoms with van der Waals surface area (Å²) in [7, 11) is -24.2. The average molecular weight is 734 g/mol. The molecule has 0 saturated heterocycles. The van der Waals surface area contributed by atoms with Gasteiger partial charge in [0.05, 0.1) is 28.3 Å². The fourth-order valence-electron chi connectivity index (χ4n) is 3.65. The largest absolute Gasteiger partial charge is 0.505 e. The summed E-state index contributed by atoms with van der Waals surface area (Å²) in [6.45, 7) is -1.07. The van der Waals surface area contributed by atoms with Crippen LogP contribution in [0.25, 0.3) is 10.8 Å². The van der Waals surface area contributed by atoms with Gasteiger partial charge in [-0.15, -0.1) is 10.2 Å². The van der Waals surface area contributed by atoms with Crippen molar-refractivity contribution in [2.45, 2.75) is 19.6 Å². The van der Waals surface area contributed by atoms with Crippen LogP contribution in [0, 0.1) is 0 Å². The number of phenols is 1. The molecule has 0 amide bonds. The molecule has 0 saturated carbocycles. The number of hydrogen-bond donors (Lipinski definition) is 6. The summed E-state index contributed by atoms with van der Waals surface area (Å²) in [5.74, 6) is -2.23. The molecule has 3 aromatic carbocycles. The highest BCUT2D eigenvalue weighted by molar-refractivity contribution is 7.91. The van der Waals surface area contributed by atoms with Crippen molar-refractivity contribution in [3.05, 3.63) is 30.3 Å². The molecular formula is C19H19N5O16S5. The van der Waals surface area contributed by atoms with Crippen LogP contribution in [0.2, 0.25) is 0 Å². The van der Waals surface area contributed by atoms with E-state index in [1.807, 2.05) is 0 Å². The van der Waals surface area contributed by atoms with Crippen molar-refractivity contribution in [2.24, 2.45) is 20.5 Å². The van der Waals surface area contributed by atoms with E-state index in [-0.39, 0.29) is 0 Å². The topological polar surface area (TPSA) is 357 Å². The van der Waals surface area contributed by atoms with E-state index in [2.05, 4.69) is 24.6 Å². The van der Waals surface area contributed by atoms with Crippen molar-refractivity contribution in [3.63, 3.8) is 0 Å². The molecule has 0 aromatic heterocycles. The first-order chi connectivity index (χ1) is 20.4. The molecule has 0 radical (unpaired) electrons. The lowest BCUT2D eigenvalue weighted by Gasteiger charge is -2.14. The molecule has 0 aliphatic rings. The fraction of sp³-hybridized carbons (Fsp3) is 0.158. The molecule has 21 nitrogen and oxygen atoms in total. The maximum absolute atomic E-state index is 12.5. The number of aromatic hydroxyl groups is 1. The summed E-state index contributed by atoms with van der Waals surface area (Å²) >= 11 is 0. The van der Waals surface area contributed by atoms with E-state index in [1.54, 1.807) is 0 Å². The Kier molecular flexibility index (Phi) is 9.71. The highest BCUT2D eigenvalue weighted by Crippen LogP contribution is 2.48. The van der Waals surface area contributed by atoms with E-state index < -0.39 is 122 Å². The number of sulfone groups is 1. The van der Waals surface area contributed by atoms with Crippen molar-refractivity contribution in [1.29, 1.82) is 0 Å². The van der Waals surface area contributed by atoms with Gasteiger partial charge in [0.2, 0.25) is 0 Å². The van der Waals surface area contributed by atoms with Gasteiger partial charge in [-0.3, -0.25) is 18.2 Å². The number of phenolic OH excluding ortho intramolecular Hbond substituents is 1. The molecule has 0 aliphatic heterocycles. The number of nitrogens with zero attached hydrogens (tertiary/aromatic N) is 4. The average Bonchev–Trinajstić information content (AvgIpc) is 2.86. The lowest BCUT2D eigenvalue weighted by Crippen LogP contribution is -2.16. The summed E-state index contributed by atoms with van der Waals surface area (Å²) in [4.78, 5) is -4.23. The van der Waals surface area contributed by atoms with Gasteiger partial charge in [0.1, 0.15) is 31.7 Å². The number of nitrogen functional groups attached to an aromatic ring is 1. The first-order valence-electron chi connectivity index (χ1n) is 11.1. The number of nitrogens with two attached hydrogens (primary N) is 1. The van der Waals surface area contributed by atoms with E-state index in [4.69, 9.17) is 10.3 Å². The van der Waals surface area contributed by atoms with E-state index in [0.29, 0.717) is 24.3 Å². The number of fused-ring (bicyclic) bond motifs is 1. The van der Waals surface area contributed by atoms with E-state index in [0.717, 1.165) is 13.1 Å². The smallest absolute Gasteiger partial charge is 0.397 e. The second kappa shape index (κ2) is 12.2. The molecule has 0 spiro atoms. The van der Waals surface area contributed by atoms with Gasteiger partial charge < -0.3 is 10.8 Å². The Balaban J connectivity index is 2.29. The van der Waals surface area contributed by atoms with E-state index in [9.17, 15) is 60.9 Å². The van der Waals surface area contributed by atoms with Crippen LogP contribution in [0.5, 0.6) is 5.75 Å². The van der Waals surface area contributed by atoms with Crippen LogP contribution in [0.3, 0.4) is 0 Å². The summed E-state index contributed by atoms with van der Waals surface area (Å²) < 4.78 is 160. The third kappa shape index (κ3) is 8.11. The summed E-state index contributed by atoms with van der Waals surface area (Å²) in [5, 5.41) is 23.2. The molecule has 3 aromatic rings. The number of hydrogen-bond acceptors (Lipinski definition) is 17. The Morgan fingerprint density at radius 3 is 1.80 bits per heavy atom. The highest BCUT2D eigenvalue weighted by Gasteiger charge is 2.29. The van der Waals surface area contributed by atoms with Gasteiger partial charge in [0, 0.05) is 12.4 Å². The number of azo groups is 2. The second-order valence-corrected chi connectivity index (χ2v) is 15.8. The molecule has 26 heteroatoms. The van der Waals surface area contributed by atoms with Gasteiger partial charge in [-0.2, -0.15) is 43.9 Å². The van der Waals surface area contributed by atoms with E-state index >= 15 is 0 Å².